The molecule has 9 heteroatoms. The normalized spacial score (nSPS) is 22.0. The molecule has 8 nitrogen and oxygen atoms in total. The fourth-order valence-corrected chi connectivity index (χ4v) is 4.52. The summed E-state index contributed by atoms with van der Waals surface area (Å²) in [7, 11) is -2.16. The molecule has 0 aliphatic carbocycles. The van der Waals surface area contributed by atoms with Crippen molar-refractivity contribution in [1.29, 1.82) is 0 Å². The average Bonchev–Trinajstić information content (AvgIpc) is 2.82. The number of hydrogen-bond donors (Lipinski definition) is 0. The Morgan fingerprint density at radius 2 is 1.86 bits per heavy atom. The summed E-state index contributed by atoms with van der Waals surface area (Å²) in [6, 6.07) is -0.335. The van der Waals surface area contributed by atoms with Crippen molar-refractivity contribution in [3.8, 4) is 0 Å². The number of carbonyl (C=O) groups is 1. The maximum absolute atomic E-state index is 13.1. The number of hydrogen-bond acceptors (Lipinski definition) is 5. The van der Waals surface area contributed by atoms with Crippen LogP contribution in [0, 0.1) is 5.92 Å². The number of amides is 1. The van der Waals surface area contributed by atoms with Crippen molar-refractivity contribution in [1.82, 2.24) is 4.90 Å². The van der Waals surface area contributed by atoms with Crippen LogP contribution >= 0.6 is 0 Å². The molecule has 0 aromatic rings. The molecule has 1 amide bonds. The zero-order chi connectivity index (χ0) is 22.8. The van der Waals surface area contributed by atoms with Crippen LogP contribution in [-0.4, -0.2) is 55.9 Å². The van der Waals surface area contributed by atoms with E-state index in [9.17, 15) is 4.79 Å². The van der Waals surface area contributed by atoms with Gasteiger partial charge in [-0.15, -0.1) is 0 Å². The minimum atomic E-state index is -2.16. The predicted molar refractivity (Wildman–Crippen MR) is 117 cm³/mol. The molecule has 0 radical (unpaired) electrons. The van der Waals surface area contributed by atoms with Crippen molar-refractivity contribution in [3.63, 3.8) is 0 Å². The van der Waals surface area contributed by atoms with Crippen molar-refractivity contribution in [3.05, 3.63) is 10.4 Å². The van der Waals surface area contributed by atoms with E-state index in [4.69, 9.17) is 19.4 Å². The van der Waals surface area contributed by atoms with Gasteiger partial charge in [0.2, 0.25) is 0 Å². The number of rotatable bonds is 6. The summed E-state index contributed by atoms with van der Waals surface area (Å²) in [6.45, 7) is 22.8. The fourth-order valence-electron chi connectivity index (χ4n) is 3.10. The number of nitrogens with zero attached hydrogens (tertiary/aromatic N) is 4. The Morgan fingerprint density at radius 3 is 2.31 bits per heavy atom. The monoisotopic (exact) mass is 428 g/mol. The van der Waals surface area contributed by atoms with Gasteiger partial charge in [0.1, 0.15) is 11.3 Å². The molecular weight excluding hydrogens is 388 g/mol. The van der Waals surface area contributed by atoms with Crippen molar-refractivity contribution in [2.24, 2.45) is 11.0 Å². The third-order valence-electron chi connectivity index (χ3n) is 5.72. The van der Waals surface area contributed by atoms with Gasteiger partial charge >= 0.3 is 6.09 Å². The summed E-state index contributed by atoms with van der Waals surface area (Å²) in [5, 5.41) is 3.76. The lowest BCUT2D eigenvalue weighted by molar-refractivity contribution is -0.0691. The molecule has 29 heavy (non-hydrogen) atoms. The van der Waals surface area contributed by atoms with Gasteiger partial charge in [0.05, 0.1) is 18.8 Å². The van der Waals surface area contributed by atoms with Gasteiger partial charge < -0.3 is 13.9 Å². The van der Waals surface area contributed by atoms with E-state index in [0.29, 0.717) is 6.61 Å². The zero-order valence-corrected chi connectivity index (χ0v) is 21.1. The first-order valence-electron chi connectivity index (χ1n) is 10.3. The maximum Gasteiger partial charge on any atom is 0.412 e. The van der Waals surface area contributed by atoms with Gasteiger partial charge in [0, 0.05) is 11.5 Å². The van der Waals surface area contributed by atoms with E-state index in [-0.39, 0.29) is 29.6 Å². The molecule has 1 aliphatic rings. The Labute approximate surface area is 177 Å². The third kappa shape index (κ3) is 6.60. The molecule has 1 heterocycles. The van der Waals surface area contributed by atoms with Crippen LogP contribution in [0.15, 0.2) is 5.11 Å². The van der Waals surface area contributed by atoms with Crippen LogP contribution in [0.1, 0.15) is 62.3 Å². The topological polar surface area (TPSA) is 96.8 Å². The Morgan fingerprint density at radius 1 is 1.31 bits per heavy atom. The summed E-state index contributed by atoms with van der Waals surface area (Å²) >= 11 is 0. The number of carbonyl (C=O) groups excluding carboxylic acids is 1. The SMILES string of the molecule is C[C@@H](CN=[N+]=[N-])[C@@H](O[Si](C)(C)C(C)(C)C)C1COC(C)(C)N1C(=O)OC(C)(C)C. The van der Waals surface area contributed by atoms with E-state index in [2.05, 4.69) is 43.9 Å². The summed E-state index contributed by atoms with van der Waals surface area (Å²) in [5.41, 5.74) is 7.35. The lowest BCUT2D eigenvalue weighted by atomic mass is 9.97. The summed E-state index contributed by atoms with van der Waals surface area (Å²) in [4.78, 5) is 17.6. The van der Waals surface area contributed by atoms with Crippen LogP contribution in [0.25, 0.3) is 10.4 Å². The van der Waals surface area contributed by atoms with E-state index in [0.717, 1.165) is 0 Å². The van der Waals surface area contributed by atoms with Gasteiger partial charge in [-0.3, -0.25) is 4.90 Å². The quantitative estimate of drug-likeness (QED) is 0.235. The van der Waals surface area contributed by atoms with Gasteiger partial charge in [-0.1, -0.05) is 32.8 Å². The predicted octanol–water partition coefficient (Wildman–Crippen LogP) is 5.70. The van der Waals surface area contributed by atoms with Crippen LogP contribution < -0.4 is 0 Å². The third-order valence-corrected chi connectivity index (χ3v) is 10.2. The standard InChI is InChI=1S/C20H40N4O4Si/c1-14(12-22-23-21)16(28-29(10,11)19(5,6)7)15-13-26-20(8,9)24(15)17(25)27-18(2,3)4/h14-16H,12-13H2,1-11H3/t14-,15?,16+/m0/s1. The molecule has 0 aromatic heterocycles. The lowest BCUT2D eigenvalue weighted by Gasteiger charge is -2.45. The highest BCUT2D eigenvalue weighted by Gasteiger charge is 2.52. The van der Waals surface area contributed by atoms with Crippen molar-refractivity contribution in [2.45, 2.75) is 104 Å². The summed E-state index contributed by atoms with van der Waals surface area (Å²) < 4.78 is 18.4. The van der Waals surface area contributed by atoms with E-state index < -0.39 is 25.7 Å². The Kier molecular flexibility index (Phi) is 7.85. The van der Waals surface area contributed by atoms with Gasteiger partial charge in [-0.2, -0.15) is 0 Å². The molecule has 1 aliphatic heterocycles. The molecule has 0 saturated carbocycles. The highest BCUT2D eigenvalue weighted by molar-refractivity contribution is 6.74. The second-order valence-corrected chi connectivity index (χ2v) is 15.7. The van der Waals surface area contributed by atoms with Crippen LogP contribution in [-0.2, 0) is 13.9 Å². The first kappa shape index (κ1) is 25.8. The number of azide groups is 1. The molecule has 1 fully saturated rings. The minimum absolute atomic E-state index is 0.00477. The second-order valence-electron chi connectivity index (χ2n) is 10.9. The van der Waals surface area contributed by atoms with Crippen molar-refractivity contribution < 1.29 is 18.7 Å². The number of ether oxygens (including phenoxy) is 2. The van der Waals surface area contributed by atoms with Crippen molar-refractivity contribution >= 4 is 14.4 Å². The van der Waals surface area contributed by atoms with Gasteiger partial charge in [-0.25, -0.2) is 4.79 Å². The Bertz CT molecular complexity index is 633. The van der Waals surface area contributed by atoms with E-state index >= 15 is 0 Å². The van der Waals surface area contributed by atoms with Crippen LogP contribution in [0.4, 0.5) is 4.79 Å². The minimum Gasteiger partial charge on any atom is -0.444 e. The molecule has 1 unspecified atom stereocenters. The molecule has 168 valence electrons. The second kappa shape index (κ2) is 8.84. The van der Waals surface area contributed by atoms with Crippen molar-refractivity contribution in [2.75, 3.05) is 13.2 Å². The first-order valence-corrected chi connectivity index (χ1v) is 13.2. The molecular formula is C20H40N4O4Si. The smallest absolute Gasteiger partial charge is 0.412 e. The molecule has 0 spiro atoms. The molecule has 1 saturated heterocycles. The largest absolute Gasteiger partial charge is 0.444 e. The van der Waals surface area contributed by atoms with Gasteiger partial charge in [0.15, 0.2) is 8.32 Å². The van der Waals surface area contributed by atoms with E-state index in [1.54, 1.807) is 4.90 Å². The van der Waals surface area contributed by atoms with Crippen LogP contribution in [0.2, 0.25) is 18.1 Å². The highest BCUT2D eigenvalue weighted by Crippen LogP contribution is 2.41. The molecule has 0 aromatic carbocycles. The molecule has 1 rings (SSSR count). The molecule has 0 bridgehead atoms. The Hall–Kier alpha value is -1.28. The van der Waals surface area contributed by atoms with Crippen LogP contribution in [0.5, 0.6) is 0 Å². The first-order chi connectivity index (χ1) is 12.9. The van der Waals surface area contributed by atoms with Gasteiger partial charge in [0.25, 0.3) is 0 Å². The lowest BCUT2D eigenvalue weighted by Crippen LogP contribution is -2.58. The van der Waals surface area contributed by atoms with E-state index in [1.807, 2.05) is 41.5 Å². The van der Waals surface area contributed by atoms with Gasteiger partial charge in [-0.05, 0) is 64.2 Å². The summed E-state index contributed by atoms with van der Waals surface area (Å²) in [5.74, 6) is -0.0903. The molecule has 0 N–H and O–H groups in total. The summed E-state index contributed by atoms with van der Waals surface area (Å²) in [6.07, 6.45) is -0.763. The van der Waals surface area contributed by atoms with E-state index in [1.165, 1.54) is 0 Å². The zero-order valence-electron chi connectivity index (χ0n) is 20.1. The maximum atomic E-state index is 13.1. The van der Waals surface area contributed by atoms with Crippen LogP contribution in [0.3, 0.4) is 0 Å². The molecule has 3 atom stereocenters. The highest BCUT2D eigenvalue weighted by atomic mass is 28.4. The average molecular weight is 429 g/mol. The fraction of sp³-hybridized carbons (Fsp3) is 0.950. The Balaban J connectivity index is 3.33.